The Balaban J connectivity index is 2.43. The van der Waals surface area contributed by atoms with Gasteiger partial charge in [0.15, 0.2) is 11.5 Å². The minimum absolute atomic E-state index is 0.0560. The molecule has 1 aliphatic rings. The van der Waals surface area contributed by atoms with E-state index in [1.54, 1.807) is 19.1 Å². The molecule has 0 aliphatic carbocycles. The van der Waals surface area contributed by atoms with Gasteiger partial charge in [-0.25, -0.2) is 4.79 Å². The number of ketones is 1. The van der Waals surface area contributed by atoms with Crippen molar-refractivity contribution in [3.8, 4) is 11.5 Å². The summed E-state index contributed by atoms with van der Waals surface area (Å²) in [6.07, 6.45) is 0.108. The summed E-state index contributed by atoms with van der Waals surface area (Å²) in [7, 11) is 2.97. The normalized spacial score (nSPS) is 16.8. The molecule has 1 heterocycles. The largest absolute Gasteiger partial charge is 0.493 e. The monoisotopic (exact) mass is 264 g/mol. The minimum Gasteiger partial charge on any atom is -0.493 e. The summed E-state index contributed by atoms with van der Waals surface area (Å²) in [5.41, 5.74) is 1.04. The Bertz CT molecular complexity index is 521. The molecule has 1 aliphatic heterocycles. The minimum atomic E-state index is -0.519. The van der Waals surface area contributed by atoms with Gasteiger partial charge in [-0.15, -0.1) is 0 Å². The number of benzene rings is 1. The van der Waals surface area contributed by atoms with Crippen LogP contribution in [0.5, 0.6) is 11.5 Å². The van der Waals surface area contributed by atoms with E-state index in [9.17, 15) is 9.59 Å². The first-order valence-electron chi connectivity index (χ1n) is 6.09. The van der Waals surface area contributed by atoms with Crippen LogP contribution in [0.15, 0.2) is 12.1 Å². The molecule has 0 spiro atoms. The van der Waals surface area contributed by atoms with E-state index in [2.05, 4.69) is 0 Å². The number of hydrogen-bond donors (Lipinski definition) is 0. The number of cyclic esters (lactones) is 1. The smallest absolute Gasteiger partial charge is 0.343 e. The summed E-state index contributed by atoms with van der Waals surface area (Å²) >= 11 is 0. The number of carbonyl (C=O) groups excluding carboxylic acids is 2. The van der Waals surface area contributed by atoms with Gasteiger partial charge in [-0.3, -0.25) is 4.79 Å². The molecule has 0 saturated heterocycles. The lowest BCUT2D eigenvalue weighted by molar-refractivity contribution is -0.120. The second-order valence-electron chi connectivity index (χ2n) is 4.26. The average Bonchev–Trinajstić information content (AvgIpc) is 2.74. The molecule has 5 nitrogen and oxygen atoms in total. The number of esters is 1. The van der Waals surface area contributed by atoms with E-state index in [1.807, 2.05) is 0 Å². The number of fused-ring (bicyclic) bond motifs is 1. The molecule has 0 bridgehead atoms. The molecule has 102 valence electrons. The number of methoxy groups -OCH3 is 2. The zero-order valence-electron chi connectivity index (χ0n) is 11.2. The maximum atomic E-state index is 11.9. The lowest BCUT2D eigenvalue weighted by Gasteiger charge is -2.11. The highest BCUT2D eigenvalue weighted by molar-refractivity contribution is 5.98. The first kappa shape index (κ1) is 13.4. The van der Waals surface area contributed by atoms with Crippen molar-refractivity contribution in [2.75, 3.05) is 14.2 Å². The molecule has 0 N–H and O–H groups in total. The van der Waals surface area contributed by atoms with Crippen LogP contribution in [0.25, 0.3) is 0 Å². The molecular formula is C14H16O5. The van der Waals surface area contributed by atoms with Gasteiger partial charge in [0.25, 0.3) is 0 Å². The lowest BCUT2D eigenvalue weighted by Crippen LogP contribution is -2.05. The molecule has 0 amide bonds. The second-order valence-corrected chi connectivity index (χ2v) is 4.26. The standard InChI is InChI=1S/C14H16O5/c1-4-8(15)7-11-9-5-6-10(17-2)13(18-3)12(9)14(16)19-11/h5-6,11H,4,7H2,1-3H3. The number of Topliss-reactive ketones (excluding diaryl/α,β-unsaturated/α-hetero) is 1. The van der Waals surface area contributed by atoms with Crippen molar-refractivity contribution in [2.24, 2.45) is 0 Å². The summed E-state index contributed by atoms with van der Waals surface area (Å²) < 4.78 is 15.6. The van der Waals surface area contributed by atoms with Crippen LogP contribution in [0, 0.1) is 0 Å². The van der Waals surface area contributed by atoms with Gasteiger partial charge in [0, 0.05) is 18.4 Å². The summed E-state index contributed by atoms with van der Waals surface area (Å²) in [5.74, 6) is 0.414. The third kappa shape index (κ3) is 2.28. The van der Waals surface area contributed by atoms with Gasteiger partial charge in [0.1, 0.15) is 17.5 Å². The van der Waals surface area contributed by atoms with E-state index in [0.717, 1.165) is 0 Å². The van der Waals surface area contributed by atoms with Gasteiger partial charge in [-0.2, -0.15) is 0 Å². The van der Waals surface area contributed by atoms with Gasteiger partial charge < -0.3 is 14.2 Å². The van der Waals surface area contributed by atoms with Crippen LogP contribution >= 0.6 is 0 Å². The topological polar surface area (TPSA) is 61.8 Å². The molecule has 1 atom stereocenters. The highest BCUT2D eigenvalue weighted by Gasteiger charge is 2.36. The molecule has 5 heteroatoms. The molecule has 0 saturated carbocycles. The zero-order valence-corrected chi connectivity index (χ0v) is 11.2. The maximum Gasteiger partial charge on any atom is 0.343 e. The Hall–Kier alpha value is -2.04. The fraction of sp³-hybridized carbons (Fsp3) is 0.429. The molecular weight excluding hydrogens is 248 g/mol. The number of carbonyl (C=O) groups is 2. The van der Waals surface area contributed by atoms with Crippen molar-refractivity contribution in [3.05, 3.63) is 23.3 Å². The van der Waals surface area contributed by atoms with E-state index in [0.29, 0.717) is 29.0 Å². The molecule has 0 aromatic heterocycles. The second kappa shape index (κ2) is 5.30. The molecule has 0 fully saturated rings. The summed E-state index contributed by atoms with van der Waals surface area (Å²) in [4.78, 5) is 23.4. The summed E-state index contributed by atoms with van der Waals surface area (Å²) in [6.45, 7) is 1.79. The predicted molar refractivity (Wildman–Crippen MR) is 67.6 cm³/mol. The van der Waals surface area contributed by atoms with Gasteiger partial charge in [-0.05, 0) is 6.07 Å². The number of hydrogen-bond acceptors (Lipinski definition) is 5. The van der Waals surface area contributed by atoms with E-state index in [1.165, 1.54) is 14.2 Å². The molecule has 2 rings (SSSR count). The molecule has 0 radical (unpaired) electrons. The van der Waals surface area contributed by atoms with E-state index in [4.69, 9.17) is 14.2 Å². The predicted octanol–water partition coefficient (Wildman–Crippen LogP) is 2.28. The van der Waals surface area contributed by atoms with Crippen molar-refractivity contribution >= 4 is 11.8 Å². The SMILES string of the molecule is CCC(=O)CC1OC(=O)c2c1ccc(OC)c2OC. The third-order valence-corrected chi connectivity index (χ3v) is 3.19. The number of rotatable bonds is 5. The van der Waals surface area contributed by atoms with E-state index >= 15 is 0 Å². The first-order chi connectivity index (χ1) is 9.12. The van der Waals surface area contributed by atoms with Crippen molar-refractivity contribution in [2.45, 2.75) is 25.9 Å². The first-order valence-corrected chi connectivity index (χ1v) is 6.09. The summed E-state index contributed by atoms with van der Waals surface area (Å²) in [6, 6.07) is 3.46. The Morgan fingerprint density at radius 2 is 2.05 bits per heavy atom. The van der Waals surface area contributed by atoms with Gasteiger partial charge in [0.05, 0.1) is 14.2 Å². The van der Waals surface area contributed by atoms with Crippen molar-refractivity contribution < 1.29 is 23.8 Å². The fourth-order valence-electron chi connectivity index (χ4n) is 2.18. The Morgan fingerprint density at radius 3 is 2.63 bits per heavy atom. The molecule has 19 heavy (non-hydrogen) atoms. The number of ether oxygens (including phenoxy) is 3. The van der Waals surface area contributed by atoms with Crippen LogP contribution in [0.3, 0.4) is 0 Å². The highest BCUT2D eigenvalue weighted by Crippen LogP contribution is 2.43. The van der Waals surface area contributed by atoms with Crippen LogP contribution in [0.1, 0.15) is 41.8 Å². The maximum absolute atomic E-state index is 11.9. The summed E-state index contributed by atoms with van der Waals surface area (Å²) in [5, 5.41) is 0. The van der Waals surface area contributed by atoms with Crippen LogP contribution in [-0.4, -0.2) is 26.0 Å². The van der Waals surface area contributed by atoms with Crippen LogP contribution in [0.2, 0.25) is 0 Å². The van der Waals surface area contributed by atoms with Gasteiger partial charge in [-0.1, -0.05) is 13.0 Å². The van der Waals surface area contributed by atoms with Gasteiger partial charge >= 0.3 is 5.97 Å². The van der Waals surface area contributed by atoms with Crippen molar-refractivity contribution in [3.63, 3.8) is 0 Å². The highest BCUT2D eigenvalue weighted by atomic mass is 16.6. The quantitative estimate of drug-likeness (QED) is 0.763. The van der Waals surface area contributed by atoms with Crippen molar-refractivity contribution in [1.29, 1.82) is 0 Å². The van der Waals surface area contributed by atoms with Crippen LogP contribution < -0.4 is 9.47 Å². The van der Waals surface area contributed by atoms with Crippen LogP contribution in [-0.2, 0) is 9.53 Å². The zero-order chi connectivity index (χ0) is 14.0. The molecule has 1 aromatic carbocycles. The Labute approximate surface area is 111 Å². The Kier molecular flexibility index (Phi) is 3.74. The fourth-order valence-corrected chi connectivity index (χ4v) is 2.18. The van der Waals surface area contributed by atoms with Crippen LogP contribution in [0.4, 0.5) is 0 Å². The molecule has 1 aromatic rings. The average molecular weight is 264 g/mol. The van der Waals surface area contributed by atoms with Crippen molar-refractivity contribution in [1.82, 2.24) is 0 Å². The molecule has 1 unspecified atom stereocenters. The van der Waals surface area contributed by atoms with E-state index < -0.39 is 12.1 Å². The van der Waals surface area contributed by atoms with E-state index in [-0.39, 0.29) is 12.2 Å². The lowest BCUT2D eigenvalue weighted by atomic mass is 9.99. The Morgan fingerprint density at radius 1 is 1.32 bits per heavy atom. The third-order valence-electron chi connectivity index (χ3n) is 3.19. The van der Waals surface area contributed by atoms with Gasteiger partial charge in [0.2, 0.25) is 0 Å².